The minimum atomic E-state index is -0.390. The first-order valence-corrected chi connectivity index (χ1v) is 14.0. The number of nitrogens with two attached hydrogens (primary N) is 1. The van der Waals surface area contributed by atoms with Gasteiger partial charge >= 0.3 is 0 Å². The lowest BCUT2D eigenvalue weighted by molar-refractivity contribution is -0.0719. The van der Waals surface area contributed by atoms with E-state index >= 15 is 0 Å². The van der Waals surface area contributed by atoms with E-state index in [9.17, 15) is 5.26 Å². The highest BCUT2D eigenvalue weighted by Gasteiger charge is 2.56. The number of hydrogen-bond acceptors (Lipinski definition) is 10. The number of hydrogen-bond donors (Lipinski definition) is 1. The molecular weight excluding hydrogens is 524 g/mol. The molecule has 0 spiro atoms. The number of rotatable bonds is 8. The number of piperazine rings is 1. The predicted octanol–water partition coefficient (Wildman–Crippen LogP) is 3.32. The van der Waals surface area contributed by atoms with Crippen LogP contribution in [0.1, 0.15) is 45.5 Å². The van der Waals surface area contributed by atoms with Crippen molar-refractivity contribution in [3.05, 3.63) is 52.1 Å². The van der Waals surface area contributed by atoms with Gasteiger partial charge in [0.2, 0.25) is 6.79 Å². The van der Waals surface area contributed by atoms with Crippen molar-refractivity contribution in [1.29, 1.82) is 5.26 Å². The number of aryl methyl sites for hydroxylation is 1. The summed E-state index contributed by atoms with van der Waals surface area (Å²) >= 11 is 0. The van der Waals surface area contributed by atoms with Gasteiger partial charge in [-0.05, 0) is 44.9 Å². The number of methoxy groups -OCH3 is 2. The highest BCUT2D eigenvalue weighted by atomic mass is 16.7. The quantitative estimate of drug-likeness (QED) is 0.380. The molecule has 0 aliphatic carbocycles. The molecule has 218 valence electrons. The fraction of sp³-hybridized carbons (Fsp3) is 0.516. The molecule has 1 fully saturated rings. The van der Waals surface area contributed by atoms with Gasteiger partial charge in [0.15, 0.2) is 29.8 Å². The maximum absolute atomic E-state index is 10.7. The third-order valence-corrected chi connectivity index (χ3v) is 9.14. The van der Waals surface area contributed by atoms with Crippen molar-refractivity contribution >= 4 is 0 Å². The Hall–Kier alpha value is -3.49. The second-order valence-corrected chi connectivity index (χ2v) is 11.1. The minimum Gasteiger partial charge on any atom is -0.493 e. The number of benzene rings is 2. The first-order chi connectivity index (χ1) is 19.9. The second kappa shape index (κ2) is 10.7. The molecular formula is C31H38N4O6. The summed E-state index contributed by atoms with van der Waals surface area (Å²) in [5, 5.41) is 10.7. The Morgan fingerprint density at radius 2 is 1.88 bits per heavy atom. The molecule has 5 atom stereocenters. The molecule has 10 heteroatoms. The molecule has 41 heavy (non-hydrogen) atoms. The highest BCUT2D eigenvalue weighted by Crippen LogP contribution is 2.58. The molecule has 0 aromatic heterocycles. The maximum Gasteiger partial charge on any atom is 0.231 e. The SMILES string of the molecule is C=CCOc1c(C)c2c(c3c1CC1[C@H]4c5c(cc(C)c(OC)c5OCOC)C[C@@H](C(C#N)N1[C@H]3CN)N4C)OCO2. The third kappa shape index (κ3) is 3.98. The minimum absolute atomic E-state index is 0.0421. The van der Waals surface area contributed by atoms with E-state index < -0.39 is 6.04 Å². The molecule has 4 heterocycles. The normalized spacial score (nSPS) is 25.9. The Balaban J connectivity index is 1.60. The van der Waals surface area contributed by atoms with Crippen LogP contribution in [0.4, 0.5) is 0 Å². The average molecular weight is 563 g/mol. The van der Waals surface area contributed by atoms with E-state index in [1.165, 1.54) is 5.56 Å². The van der Waals surface area contributed by atoms with Gasteiger partial charge in [0, 0.05) is 48.0 Å². The first kappa shape index (κ1) is 27.7. The smallest absolute Gasteiger partial charge is 0.231 e. The molecule has 2 aromatic carbocycles. The van der Waals surface area contributed by atoms with Crippen molar-refractivity contribution in [3.63, 3.8) is 0 Å². The largest absolute Gasteiger partial charge is 0.493 e. The standard InChI is InChI=1S/C31H38N4O6/c1-7-8-38-28-17(3)29-31(41-15-40-29)25-19(28)11-21-26-24-18(9-16(2)27(37-6)30(24)39-14-36-5)10-20(34(26)4)22(12-32)35(21)23(25)13-33/h7,9,20-23,26H,1,8,10-11,13-15,33H2,2-6H3/t20-,21?,22?,23-,26-/m0/s1. The number of fused-ring (bicyclic) bond motifs is 9. The van der Waals surface area contributed by atoms with E-state index in [0.717, 1.165) is 33.6 Å². The Kier molecular flexibility index (Phi) is 7.24. The van der Waals surface area contributed by atoms with Gasteiger partial charge in [-0.2, -0.15) is 5.26 Å². The first-order valence-electron chi connectivity index (χ1n) is 14.0. The van der Waals surface area contributed by atoms with Crippen molar-refractivity contribution in [2.75, 3.05) is 48.0 Å². The number of likely N-dealkylation sites (N-methyl/N-ethyl adjacent to an activating group) is 1. The molecule has 2 aromatic rings. The van der Waals surface area contributed by atoms with Crippen molar-refractivity contribution in [1.82, 2.24) is 9.80 Å². The van der Waals surface area contributed by atoms with Crippen LogP contribution in [-0.4, -0.2) is 75.9 Å². The number of ether oxygens (including phenoxy) is 6. The van der Waals surface area contributed by atoms with Crippen molar-refractivity contribution in [2.45, 2.75) is 56.9 Å². The van der Waals surface area contributed by atoms with Crippen LogP contribution in [0.3, 0.4) is 0 Å². The third-order valence-electron chi connectivity index (χ3n) is 9.14. The van der Waals surface area contributed by atoms with Gasteiger partial charge < -0.3 is 34.2 Å². The molecule has 10 nitrogen and oxygen atoms in total. The van der Waals surface area contributed by atoms with Gasteiger partial charge in [0.1, 0.15) is 18.4 Å². The highest BCUT2D eigenvalue weighted by molar-refractivity contribution is 5.66. The summed E-state index contributed by atoms with van der Waals surface area (Å²) in [6.07, 6.45) is 3.05. The number of nitriles is 1. The summed E-state index contributed by atoms with van der Waals surface area (Å²) in [5.41, 5.74) is 12.7. The lowest BCUT2D eigenvalue weighted by atomic mass is 9.71. The van der Waals surface area contributed by atoms with Crippen LogP contribution in [0.5, 0.6) is 28.7 Å². The van der Waals surface area contributed by atoms with Crippen LogP contribution in [0.15, 0.2) is 18.7 Å². The zero-order chi connectivity index (χ0) is 29.0. The zero-order valence-electron chi connectivity index (χ0n) is 24.4. The summed E-state index contributed by atoms with van der Waals surface area (Å²) in [6, 6.07) is 3.94. The number of nitrogens with zero attached hydrogens (tertiary/aromatic N) is 3. The van der Waals surface area contributed by atoms with Gasteiger partial charge in [-0.1, -0.05) is 18.7 Å². The van der Waals surface area contributed by atoms with Crippen LogP contribution < -0.4 is 29.4 Å². The molecule has 2 unspecified atom stereocenters. The summed E-state index contributed by atoms with van der Waals surface area (Å²) in [7, 11) is 5.38. The molecule has 4 aliphatic rings. The summed E-state index contributed by atoms with van der Waals surface area (Å²) in [4.78, 5) is 4.66. The average Bonchev–Trinajstić information content (AvgIpc) is 3.46. The van der Waals surface area contributed by atoms with Crippen LogP contribution >= 0.6 is 0 Å². The molecule has 0 saturated carbocycles. The second-order valence-electron chi connectivity index (χ2n) is 11.1. The van der Waals surface area contributed by atoms with Gasteiger partial charge in [-0.25, -0.2) is 0 Å². The fourth-order valence-corrected chi connectivity index (χ4v) is 7.64. The topological polar surface area (TPSA) is 112 Å². The zero-order valence-corrected chi connectivity index (χ0v) is 24.4. The predicted molar refractivity (Wildman–Crippen MR) is 152 cm³/mol. The molecule has 4 aliphatic heterocycles. The van der Waals surface area contributed by atoms with Crippen LogP contribution in [0, 0.1) is 25.2 Å². The van der Waals surface area contributed by atoms with Crippen molar-refractivity contribution < 1.29 is 28.4 Å². The van der Waals surface area contributed by atoms with Crippen molar-refractivity contribution in [3.8, 4) is 34.8 Å². The summed E-state index contributed by atoms with van der Waals surface area (Å²) < 4.78 is 35.8. The Labute approximate surface area is 241 Å². The fourth-order valence-electron chi connectivity index (χ4n) is 7.64. The summed E-state index contributed by atoms with van der Waals surface area (Å²) in [5.74, 6) is 3.55. The van der Waals surface area contributed by atoms with Gasteiger partial charge in [0.25, 0.3) is 0 Å². The van der Waals surface area contributed by atoms with E-state index in [0.29, 0.717) is 49.0 Å². The van der Waals surface area contributed by atoms with Gasteiger partial charge in [-0.15, -0.1) is 0 Å². The molecule has 2 N–H and O–H groups in total. The summed E-state index contributed by atoms with van der Waals surface area (Å²) in [6.45, 7) is 8.77. The Morgan fingerprint density at radius 1 is 1.10 bits per heavy atom. The van der Waals surface area contributed by atoms with Crippen LogP contribution in [0.25, 0.3) is 0 Å². The molecule has 1 saturated heterocycles. The Bertz CT molecular complexity index is 1420. The maximum atomic E-state index is 10.7. The van der Waals surface area contributed by atoms with Gasteiger partial charge in [0.05, 0.1) is 25.3 Å². The molecule has 0 amide bonds. The van der Waals surface area contributed by atoms with E-state index in [4.69, 9.17) is 34.2 Å². The van der Waals surface area contributed by atoms with Gasteiger partial charge in [-0.3, -0.25) is 9.80 Å². The van der Waals surface area contributed by atoms with E-state index in [1.54, 1.807) is 20.3 Å². The molecule has 0 radical (unpaired) electrons. The molecule has 2 bridgehead atoms. The van der Waals surface area contributed by atoms with Crippen LogP contribution in [-0.2, 0) is 17.6 Å². The lowest BCUT2D eigenvalue weighted by Crippen LogP contribution is -2.68. The van der Waals surface area contributed by atoms with E-state index in [-0.39, 0.29) is 37.8 Å². The van der Waals surface area contributed by atoms with E-state index in [2.05, 4.69) is 35.6 Å². The monoisotopic (exact) mass is 562 g/mol. The van der Waals surface area contributed by atoms with Crippen molar-refractivity contribution in [2.24, 2.45) is 5.73 Å². The molecule has 6 rings (SSSR count). The van der Waals surface area contributed by atoms with Crippen LogP contribution in [0.2, 0.25) is 0 Å². The lowest BCUT2D eigenvalue weighted by Gasteiger charge is -2.60. The van der Waals surface area contributed by atoms with E-state index in [1.807, 2.05) is 13.8 Å². The Morgan fingerprint density at radius 3 is 2.56 bits per heavy atom.